The number of hydrogen-bond acceptors (Lipinski definition) is 2. The quantitative estimate of drug-likeness (QED) is 0.266. The Morgan fingerprint density at radius 3 is 1.96 bits per heavy atom. The van der Waals surface area contributed by atoms with Crippen molar-refractivity contribution in [1.82, 2.24) is 0 Å². The topological polar surface area (TPSA) is 43.1 Å². The molecular formula is C20H21FeNO2-6. The predicted molar refractivity (Wildman–Crippen MR) is 94.9 cm³/mol. The zero-order valence-electron chi connectivity index (χ0n) is 13.9. The van der Waals surface area contributed by atoms with E-state index in [1.807, 2.05) is 42.5 Å². The molecule has 0 atom stereocenters. The molecule has 0 aliphatic heterocycles. The van der Waals surface area contributed by atoms with Crippen LogP contribution >= 0.6 is 0 Å². The first kappa shape index (κ1) is 19.9. The third-order valence-corrected chi connectivity index (χ3v) is 3.84. The molecule has 0 radical (unpaired) electrons. The van der Waals surface area contributed by atoms with Crippen LogP contribution in [-0.4, -0.2) is 4.92 Å². The molecule has 4 heteroatoms. The summed E-state index contributed by atoms with van der Waals surface area (Å²) in [6.07, 6.45) is 2.01. The van der Waals surface area contributed by atoms with Crippen molar-refractivity contribution in [3.63, 3.8) is 0 Å². The van der Waals surface area contributed by atoms with E-state index >= 15 is 0 Å². The first-order chi connectivity index (χ1) is 11.2. The van der Waals surface area contributed by atoms with Crippen LogP contribution in [0.25, 0.3) is 11.1 Å². The normalized spacial score (nSPS) is 9.58. The number of aryl methyl sites for hydroxylation is 1. The van der Waals surface area contributed by atoms with Crippen LogP contribution in [0.3, 0.4) is 0 Å². The van der Waals surface area contributed by atoms with Gasteiger partial charge in [0, 0.05) is 29.2 Å². The van der Waals surface area contributed by atoms with Crippen molar-refractivity contribution < 1.29 is 22.0 Å². The summed E-state index contributed by atoms with van der Waals surface area (Å²) in [5.74, 6) is 0. The minimum Gasteiger partial charge on any atom is -0.748 e. The smallest absolute Gasteiger partial charge is 0.269 e. The van der Waals surface area contributed by atoms with Gasteiger partial charge in [0.2, 0.25) is 0 Å². The van der Waals surface area contributed by atoms with Crippen LogP contribution < -0.4 is 0 Å². The first-order valence-corrected chi connectivity index (χ1v) is 7.86. The molecule has 3 aromatic rings. The van der Waals surface area contributed by atoms with Gasteiger partial charge in [-0.05, 0) is 0 Å². The summed E-state index contributed by atoms with van der Waals surface area (Å²) >= 11 is 0. The van der Waals surface area contributed by atoms with Crippen molar-refractivity contribution >= 4 is 5.69 Å². The molecule has 0 fully saturated rings. The van der Waals surface area contributed by atoms with E-state index in [0.717, 1.165) is 18.4 Å². The van der Waals surface area contributed by atoms with E-state index in [1.165, 1.54) is 16.7 Å². The molecular weight excluding hydrogens is 342 g/mol. The van der Waals surface area contributed by atoms with Gasteiger partial charge in [0.05, 0.1) is 4.92 Å². The van der Waals surface area contributed by atoms with Crippen molar-refractivity contribution in [2.45, 2.75) is 26.7 Å². The minimum atomic E-state index is -0.368. The van der Waals surface area contributed by atoms with E-state index < -0.39 is 0 Å². The van der Waals surface area contributed by atoms with Crippen molar-refractivity contribution in [1.29, 1.82) is 0 Å². The van der Waals surface area contributed by atoms with Crippen molar-refractivity contribution in [3.8, 4) is 11.1 Å². The van der Waals surface area contributed by atoms with Crippen LogP contribution in [0.15, 0.2) is 66.7 Å². The van der Waals surface area contributed by atoms with Crippen molar-refractivity contribution in [3.05, 3.63) is 88.0 Å². The summed E-state index contributed by atoms with van der Waals surface area (Å²) in [4.78, 5) is 10.3. The largest absolute Gasteiger partial charge is 0.748 e. The zero-order valence-corrected chi connectivity index (χ0v) is 15.0. The molecule has 132 valence electrons. The number of nitro benzene ring substituents is 1. The molecule has 3 rings (SSSR count). The van der Waals surface area contributed by atoms with Crippen LogP contribution in [0.4, 0.5) is 5.69 Å². The Labute approximate surface area is 153 Å². The van der Waals surface area contributed by atoms with E-state index in [-0.39, 0.29) is 27.7 Å². The predicted octanol–water partition coefficient (Wildman–Crippen LogP) is 5.51. The van der Waals surface area contributed by atoms with Crippen molar-refractivity contribution in [2.24, 2.45) is 0 Å². The Bertz CT molecular complexity index is 710. The van der Waals surface area contributed by atoms with E-state index in [0.29, 0.717) is 0 Å². The molecule has 0 aromatic heterocycles. The molecule has 0 spiro atoms. The van der Waals surface area contributed by atoms with Gasteiger partial charge in [-0.25, -0.2) is 6.07 Å². The molecule has 3 nitrogen and oxygen atoms in total. The van der Waals surface area contributed by atoms with Gasteiger partial charge in [0.15, 0.2) is 0 Å². The molecule has 0 unspecified atom stereocenters. The summed E-state index contributed by atoms with van der Waals surface area (Å²) in [5, 5.41) is 10.6. The summed E-state index contributed by atoms with van der Waals surface area (Å²) in [6, 6.07) is 21.0. The molecule has 0 saturated carbocycles. The summed E-state index contributed by atoms with van der Waals surface area (Å²) in [6.45, 7) is 4.29. The van der Waals surface area contributed by atoms with Crippen LogP contribution in [0.5, 0.6) is 0 Å². The third-order valence-electron chi connectivity index (χ3n) is 3.84. The maximum absolute atomic E-state index is 10.6. The van der Waals surface area contributed by atoms with E-state index in [4.69, 9.17) is 0 Å². The maximum atomic E-state index is 10.6. The van der Waals surface area contributed by atoms with E-state index in [2.05, 4.69) is 26.0 Å². The van der Waals surface area contributed by atoms with Gasteiger partial charge < -0.3 is 30.3 Å². The average molecular weight is 363 g/mol. The second-order valence-corrected chi connectivity index (χ2v) is 5.22. The van der Waals surface area contributed by atoms with E-state index in [9.17, 15) is 10.1 Å². The number of nitrogens with zero attached hydrogens (tertiary/aromatic N) is 1. The van der Waals surface area contributed by atoms with Crippen LogP contribution in [-0.2, 0) is 29.9 Å². The summed E-state index contributed by atoms with van der Waals surface area (Å²) < 4.78 is 0. The molecule has 0 saturated heterocycles. The third kappa shape index (κ3) is 4.92. The molecule has 3 aromatic carbocycles. The Morgan fingerprint density at radius 2 is 1.54 bits per heavy atom. The molecule has 0 bridgehead atoms. The molecule has 0 amide bonds. The molecule has 24 heavy (non-hydrogen) atoms. The fourth-order valence-electron chi connectivity index (χ4n) is 2.66. The fourth-order valence-corrected chi connectivity index (χ4v) is 2.66. The standard InChI is InChI=1S/C15H16NO2.C5H5.Fe/c1-3-11-7-10-15(14(11)4-2)12-5-8-13(9-6-12)16(17)18;1-2-4-5-3-1;/h5-10H,3-4H2,1-2H3;1-5H;/q-1;-5;. The van der Waals surface area contributed by atoms with Crippen LogP contribution in [0.2, 0.25) is 0 Å². The Balaban J connectivity index is 0.000000412. The number of benzene rings is 1. The number of nitro groups is 1. The van der Waals surface area contributed by atoms with Gasteiger partial charge in [-0.15, -0.1) is 0 Å². The first-order valence-electron chi connectivity index (χ1n) is 7.86. The Hall–Kier alpha value is -2.16. The molecule has 0 aliphatic rings. The SMILES string of the molecule is CCc1c(-c2ccc([N+](=O)[O-])cc2)cc[c-]1CC.[Fe].[cH-]1[cH-][cH-][cH-][cH-]1. The monoisotopic (exact) mass is 363 g/mol. The van der Waals surface area contributed by atoms with Crippen LogP contribution in [0, 0.1) is 10.1 Å². The Morgan fingerprint density at radius 1 is 1.00 bits per heavy atom. The zero-order chi connectivity index (χ0) is 16.7. The van der Waals surface area contributed by atoms with Gasteiger partial charge in [0.25, 0.3) is 5.69 Å². The number of rotatable bonds is 4. The van der Waals surface area contributed by atoms with Crippen LogP contribution in [0.1, 0.15) is 25.0 Å². The van der Waals surface area contributed by atoms with Gasteiger partial charge in [-0.3, -0.25) is 10.1 Å². The second kappa shape index (κ2) is 9.86. The second-order valence-electron chi connectivity index (χ2n) is 5.22. The molecule has 0 heterocycles. The summed E-state index contributed by atoms with van der Waals surface area (Å²) in [5.41, 5.74) is 5.11. The Kier molecular flexibility index (Phi) is 8.17. The maximum Gasteiger partial charge on any atom is 0.269 e. The summed E-state index contributed by atoms with van der Waals surface area (Å²) in [7, 11) is 0. The van der Waals surface area contributed by atoms with Gasteiger partial charge in [0.1, 0.15) is 0 Å². The number of non-ortho nitro benzene ring substituents is 1. The fraction of sp³-hybridized carbons (Fsp3) is 0.200. The van der Waals surface area contributed by atoms with Gasteiger partial charge >= 0.3 is 0 Å². The minimum absolute atomic E-state index is 0. The van der Waals surface area contributed by atoms with Gasteiger partial charge in [-0.2, -0.15) is 22.8 Å². The molecule has 0 aliphatic carbocycles. The molecule has 0 N–H and O–H groups in total. The average Bonchev–Trinajstić information content (AvgIpc) is 3.27. The van der Waals surface area contributed by atoms with Gasteiger partial charge in [-0.1, -0.05) is 44.4 Å². The van der Waals surface area contributed by atoms with Crippen molar-refractivity contribution in [2.75, 3.05) is 0 Å². The van der Waals surface area contributed by atoms with E-state index in [1.54, 1.807) is 12.1 Å². The number of hydrogen-bond donors (Lipinski definition) is 0.